The van der Waals surface area contributed by atoms with Gasteiger partial charge in [-0.05, 0) is 38.5 Å². The minimum absolute atomic E-state index is 0.547. The van der Waals surface area contributed by atoms with Gasteiger partial charge < -0.3 is 4.74 Å². The van der Waals surface area contributed by atoms with Crippen LogP contribution in [0.1, 0.15) is 64.7 Å². The van der Waals surface area contributed by atoms with Crippen molar-refractivity contribution in [3.05, 3.63) is 11.6 Å². The lowest BCUT2D eigenvalue weighted by Gasteiger charge is -2.47. The molecule has 0 N–H and O–H groups in total. The molecule has 0 aromatic rings. The van der Waals surface area contributed by atoms with E-state index in [9.17, 15) is 0 Å². The van der Waals surface area contributed by atoms with Gasteiger partial charge in [0.1, 0.15) is 0 Å². The quantitative estimate of drug-likeness (QED) is 0.640. The maximum Gasteiger partial charge on any atom is 0.0644 e. The molecule has 3 rings (SSSR count). The van der Waals surface area contributed by atoms with E-state index in [2.05, 4.69) is 13.0 Å². The SMILES string of the molecule is CCC[C@@H]1O[C@@H]2CCCC[C@H]2C2=CCCC[C@H]21. The second kappa shape index (κ2) is 5.14. The molecule has 3 aliphatic rings. The van der Waals surface area contributed by atoms with Crippen molar-refractivity contribution in [2.75, 3.05) is 0 Å². The van der Waals surface area contributed by atoms with Crippen molar-refractivity contribution in [3.63, 3.8) is 0 Å². The first kappa shape index (κ1) is 11.8. The largest absolute Gasteiger partial charge is 0.374 e. The molecule has 0 spiro atoms. The highest BCUT2D eigenvalue weighted by Gasteiger charge is 2.42. The van der Waals surface area contributed by atoms with Crippen LogP contribution in [0.2, 0.25) is 0 Å². The van der Waals surface area contributed by atoms with E-state index in [1.54, 1.807) is 0 Å². The zero-order valence-corrected chi connectivity index (χ0v) is 11.2. The summed E-state index contributed by atoms with van der Waals surface area (Å²) in [5, 5.41) is 0. The molecule has 2 aliphatic carbocycles. The molecule has 0 unspecified atom stereocenters. The number of rotatable bonds is 2. The molecule has 1 nitrogen and oxygen atoms in total. The molecular formula is C16H26O. The Labute approximate surface area is 106 Å². The molecule has 0 bridgehead atoms. The van der Waals surface area contributed by atoms with Crippen LogP contribution < -0.4 is 0 Å². The molecule has 1 heterocycles. The molecule has 0 aromatic heterocycles. The number of ether oxygens (including phenoxy) is 1. The Kier molecular flexibility index (Phi) is 3.56. The van der Waals surface area contributed by atoms with Crippen LogP contribution in [0.15, 0.2) is 11.6 Å². The lowest BCUT2D eigenvalue weighted by atomic mass is 9.68. The Balaban J connectivity index is 1.83. The summed E-state index contributed by atoms with van der Waals surface area (Å²) >= 11 is 0. The van der Waals surface area contributed by atoms with Gasteiger partial charge in [-0.3, -0.25) is 0 Å². The topological polar surface area (TPSA) is 9.23 Å². The summed E-state index contributed by atoms with van der Waals surface area (Å²) in [6.45, 7) is 2.29. The summed E-state index contributed by atoms with van der Waals surface area (Å²) in [6.07, 6.45) is 15.9. The lowest BCUT2D eigenvalue weighted by Crippen LogP contribution is -2.45. The van der Waals surface area contributed by atoms with Crippen molar-refractivity contribution in [2.24, 2.45) is 11.8 Å². The average molecular weight is 234 g/mol. The second-order valence-corrected chi connectivity index (χ2v) is 6.13. The van der Waals surface area contributed by atoms with Gasteiger partial charge in [-0.25, -0.2) is 0 Å². The van der Waals surface area contributed by atoms with E-state index in [-0.39, 0.29) is 0 Å². The van der Waals surface area contributed by atoms with Gasteiger partial charge in [0.2, 0.25) is 0 Å². The molecule has 96 valence electrons. The summed E-state index contributed by atoms with van der Waals surface area (Å²) in [6, 6.07) is 0. The Morgan fingerprint density at radius 1 is 1.12 bits per heavy atom. The van der Waals surface area contributed by atoms with Crippen LogP contribution in [0.3, 0.4) is 0 Å². The van der Waals surface area contributed by atoms with Crippen LogP contribution >= 0.6 is 0 Å². The van der Waals surface area contributed by atoms with Gasteiger partial charge in [0.25, 0.3) is 0 Å². The maximum absolute atomic E-state index is 6.46. The third-order valence-electron chi connectivity index (χ3n) is 5.03. The highest BCUT2D eigenvalue weighted by Crippen LogP contribution is 2.46. The van der Waals surface area contributed by atoms with Gasteiger partial charge in [0, 0.05) is 11.8 Å². The minimum atomic E-state index is 0.547. The molecule has 2 fully saturated rings. The standard InChI is InChI=1S/C16H26O/c1-2-7-15-13-9-4-3-8-12(13)14-10-5-6-11-16(14)17-15/h8,13-16H,2-7,9-11H2,1H3/t13-,14+,15+,16-/m1/s1. The fourth-order valence-corrected chi connectivity index (χ4v) is 4.27. The van der Waals surface area contributed by atoms with Gasteiger partial charge >= 0.3 is 0 Å². The van der Waals surface area contributed by atoms with Crippen molar-refractivity contribution in [2.45, 2.75) is 76.9 Å². The van der Waals surface area contributed by atoms with Crippen LogP contribution in [-0.2, 0) is 4.74 Å². The fourth-order valence-electron chi connectivity index (χ4n) is 4.27. The summed E-state index contributed by atoms with van der Waals surface area (Å²) in [7, 11) is 0. The number of allylic oxidation sites excluding steroid dienone is 1. The van der Waals surface area contributed by atoms with E-state index in [0.29, 0.717) is 12.2 Å². The van der Waals surface area contributed by atoms with E-state index in [0.717, 1.165) is 11.8 Å². The van der Waals surface area contributed by atoms with Crippen LogP contribution in [0.4, 0.5) is 0 Å². The van der Waals surface area contributed by atoms with E-state index in [1.165, 1.54) is 57.8 Å². The van der Waals surface area contributed by atoms with Gasteiger partial charge in [-0.1, -0.05) is 37.8 Å². The molecule has 4 atom stereocenters. The first-order valence-corrected chi connectivity index (χ1v) is 7.75. The molecule has 1 aliphatic heterocycles. The van der Waals surface area contributed by atoms with Crippen molar-refractivity contribution < 1.29 is 4.74 Å². The first-order valence-electron chi connectivity index (χ1n) is 7.75. The molecule has 17 heavy (non-hydrogen) atoms. The molecule has 0 amide bonds. The summed E-state index contributed by atoms with van der Waals surface area (Å²) in [5.41, 5.74) is 1.81. The highest BCUT2D eigenvalue weighted by molar-refractivity contribution is 5.20. The summed E-state index contributed by atoms with van der Waals surface area (Å²) in [5.74, 6) is 1.57. The van der Waals surface area contributed by atoms with Crippen LogP contribution in [-0.4, -0.2) is 12.2 Å². The van der Waals surface area contributed by atoms with Gasteiger partial charge in [-0.2, -0.15) is 0 Å². The van der Waals surface area contributed by atoms with E-state index in [4.69, 9.17) is 4.74 Å². The third kappa shape index (κ3) is 2.19. The Morgan fingerprint density at radius 3 is 2.82 bits per heavy atom. The van der Waals surface area contributed by atoms with Crippen LogP contribution in [0.25, 0.3) is 0 Å². The number of hydrogen-bond acceptors (Lipinski definition) is 1. The van der Waals surface area contributed by atoms with Crippen LogP contribution in [0, 0.1) is 11.8 Å². The van der Waals surface area contributed by atoms with Gasteiger partial charge in [0.15, 0.2) is 0 Å². The zero-order valence-electron chi connectivity index (χ0n) is 11.2. The highest BCUT2D eigenvalue weighted by atomic mass is 16.5. The maximum atomic E-state index is 6.46. The van der Waals surface area contributed by atoms with Gasteiger partial charge in [-0.15, -0.1) is 0 Å². The Bertz CT molecular complexity index is 294. The predicted molar refractivity (Wildman–Crippen MR) is 71.0 cm³/mol. The molecule has 0 radical (unpaired) electrons. The monoisotopic (exact) mass is 234 g/mol. The van der Waals surface area contributed by atoms with Crippen molar-refractivity contribution >= 4 is 0 Å². The van der Waals surface area contributed by atoms with E-state index in [1.807, 2.05) is 5.57 Å². The molecular weight excluding hydrogens is 208 g/mol. The van der Waals surface area contributed by atoms with E-state index >= 15 is 0 Å². The molecule has 1 saturated heterocycles. The Morgan fingerprint density at radius 2 is 1.94 bits per heavy atom. The third-order valence-corrected chi connectivity index (χ3v) is 5.03. The molecule has 0 aromatic carbocycles. The average Bonchev–Trinajstić information content (AvgIpc) is 2.39. The second-order valence-electron chi connectivity index (χ2n) is 6.13. The predicted octanol–water partition coefficient (Wildman–Crippen LogP) is 4.47. The van der Waals surface area contributed by atoms with Crippen molar-refractivity contribution in [1.82, 2.24) is 0 Å². The summed E-state index contributed by atoms with van der Waals surface area (Å²) < 4.78 is 6.46. The number of hydrogen-bond donors (Lipinski definition) is 0. The Hall–Kier alpha value is -0.300. The normalized spacial score (nSPS) is 41.4. The fraction of sp³-hybridized carbons (Fsp3) is 0.875. The first-order chi connectivity index (χ1) is 8.40. The minimum Gasteiger partial charge on any atom is -0.374 e. The number of fused-ring (bicyclic) bond motifs is 3. The smallest absolute Gasteiger partial charge is 0.0644 e. The van der Waals surface area contributed by atoms with Gasteiger partial charge in [0.05, 0.1) is 12.2 Å². The van der Waals surface area contributed by atoms with Crippen LogP contribution in [0.5, 0.6) is 0 Å². The van der Waals surface area contributed by atoms with Crippen molar-refractivity contribution in [3.8, 4) is 0 Å². The lowest BCUT2D eigenvalue weighted by molar-refractivity contribution is -0.106. The molecule has 1 heteroatoms. The van der Waals surface area contributed by atoms with E-state index < -0.39 is 0 Å². The zero-order chi connectivity index (χ0) is 11.7. The summed E-state index contributed by atoms with van der Waals surface area (Å²) in [4.78, 5) is 0. The molecule has 1 saturated carbocycles. The van der Waals surface area contributed by atoms with Crippen molar-refractivity contribution in [1.29, 1.82) is 0 Å².